The lowest BCUT2D eigenvalue weighted by atomic mass is 10.1. The second-order valence-corrected chi connectivity index (χ2v) is 5.09. The van der Waals surface area contributed by atoms with Gasteiger partial charge in [0.05, 0.1) is 22.1 Å². The van der Waals surface area contributed by atoms with Gasteiger partial charge in [-0.15, -0.1) is 0 Å². The smallest absolute Gasteiger partial charge is 0.339 e. The number of aryl methyl sites for hydroxylation is 1. The van der Waals surface area contributed by atoms with Crippen LogP contribution in [0.4, 0.5) is 4.39 Å². The van der Waals surface area contributed by atoms with E-state index in [2.05, 4.69) is 5.10 Å². The summed E-state index contributed by atoms with van der Waals surface area (Å²) in [6.45, 7) is 3.82. The third kappa shape index (κ3) is 2.93. The fraction of sp³-hybridized carbons (Fsp3) is 0.333. The molecule has 6 heteroatoms. The van der Waals surface area contributed by atoms with Crippen LogP contribution in [0.25, 0.3) is 5.69 Å². The van der Waals surface area contributed by atoms with E-state index in [0.29, 0.717) is 29.9 Å². The lowest BCUT2D eigenvalue weighted by molar-refractivity contribution is 0.0694. The molecular weight excluding hydrogens is 295 g/mol. The molecule has 2 aromatic rings. The summed E-state index contributed by atoms with van der Waals surface area (Å²) in [7, 11) is 0. The third-order valence-corrected chi connectivity index (χ3v) is 3.53. The molecular formula is C15H16ClFN2O2. The van der Waals surface area contributed by atoms with Crippen LogP contribution in [0, 0.1) is 5.82 Å². The Kier molecular flexibility index (Phi) is 4.63. The van der Waals surface area contributed by atoms with E-state index in [1.165, 1.54) is 12.1 Å². The first-order valence-corrected chi connectivity index (χ1v) is 7.16. The molecule has 0 radical (unpaired) electrons. The molecule has 0 aliphatic heterocycles. The maximum absolute atomic E-state index is 13.3. The Labute approximate surface area is 127 Å². The van der Waals surface area contributed by atoms with Crippen molar-refractivity contribution in [1.82, 2.24) is 9.78 Å². The molecule has 0 saturated heterocycles. The minimum atomic E-state index is -0.991. The zero-order valence-electron chi connectivity index (χ0n) is 11.9. The Morgan fingerprint density at radius 1 is 1.43 bits per heavy atom. The Morgan fingerprint density at radius 2 is 2.14 bits per heavy atom. The number of hydrogen-bond donors (Lipinski definition) is 1. The first kappa shape index (κ1) is 15.5. The molecule has 0 aliphatic carbocycles. The predicted molar refractivity (Wildman–Crippen MR) is 78.9 cm³/mol. The largest absolute Gasteiger partial charge is 0.478 e. The molecule has 4 nitrogen and oxygen atoms in total. The highest BCUT2D eigenvalue weighted by molar-refractivity contribution is 6.30. The van der Waals surface area contributed by atoms with Crippen LogP contribution < -0.4 is 0 Å². The van der Waals surface area contributed by atoms with Crippen LogP contribution >= 0.6 is 11.6 Å². The molecule has 1 N–H and O–H groups in total. The van der Waals surface area contributed by atoms with Gasteiger partial charge in [-0.05, 0) is 31.0 Å². The second-order valence-electron chi connectivity index (χ2n) is 4.69. The van der Waals surface area contributed by atoms with Crippen LogP contribution in [-0.4, -0.2) is 20.9 Å². The second kappa shape index (κ2) is 6.26. The predicted octanol–water partition coefficient (Wildman–Crippen LogP) is 3.88. The number of nitrogens with zero attached hydrogens (tertiary/aromatic N) is 2. The summed E-state index contributed by atoms with van der Waals surface area (Å²) >= 11 is 5.80. The van der Waals surface area contributed by atoms with Crippen LogP contribution in [0.3, 0.4) is 0 Å². The number of benzene rings is 1. The summed E-state index contributed by atoms with van der Waals surface area (Å²) < 4.78 is 14.8. The van der Waals surface area contributed by atoms with Crippen molar-refractivity contribution < 1.29 is 14.3 Å². The number of aromatic nitrogens is 2. The van der Waals surface area contributed by atoms with E-state index < -0.39 is 11.8 Å². The van der Waals surface area contributed by atoms with Gasteiger partial charge >= 0.3 is 5.97 Å². The molecule has 0 amide bonds. The molecule has 1 heterocycles. The highest BCUT2D eigenvalue weighted by Gasteiger charge is 2.22. The van der Waals surface area contributed by atoms with Gasteiger partial charge in [-0.25, -0.2) is 13.9 Å². The molecule has 0 aliphatic rings. The highest BCUT2D eigenvalue weighted by Crippen LogP contribution is 2.24. The van der Waals surface area contributed by atoms with Crippen LogP contribution in [-0.2, 0) is 12.8 Å². The van der Waals surface area contributed by atoms with Crippen LogP contribution in [0.1, 0.15) is 42.0 Å². The molecule has 0 unspecified atom stereocenters. The summed E-state index contributed by atoms with van der Waals surface area (Å²) in [5.41, 5.74) is 1.93. The lowest BCUT2D eigenvalue weighted by Crippen LogP contribution is -2.07. The maximum atomic E-state index is 13.3. The van der Waals surface area contributed by atoms with Gasteiger partial charge in [0, 0.05) is 0 Å². The summed E-state index contributed by atoms with van der Waals surface area (Å²) in [5.74, 6) is -1.51. The van der Waals surface area contributed by atoms with Crippen molar-refractivity contribution in [3.8, 4) is 5.69 Å². The minimum Gasteiger partial charge on any atom is -0.478 e. The zero-order chi connectivity index (χ0) is 15.6. The summed E-state index contributed by atoms with van der Waals surface area (Å²) in [5, 5.41) is 13.8. The lowest BCUT2D eigenvalue weighted by Gasteiger charge is -2.08. The van der Waals surface area contributed by atoms with Crippen molar-refractivity contribution in [2.24, 2.45) is 0 Å². The van der Waals surface area contributed by atoms with Crippen LogP contribution in [0.5, 0.6) is 0 Å². The monoisotopic (exact) mass is 310 g/mol. The van der Waals surface area contributed by atoms with E-state index in [0.717, 1.165) is 6.42 Å². The van der Waals surface area contributed by atoms with Crippen molar-refractivity contribution in [3.05, 3.63) is 46.0 Å². The van der Waals surface area contributed by atoms with Gasteiger partial charge in [-0.1, -0.05) is 31.9 Å². The molecule has 1 aromatic carbocycles. The van der Waals surface area contributed by atoms with Gasteiger partial charge in [0.1, 0.15) is 11.4 Å². The Hall–Kier alpha value is -1.88. The number of carboxylic acid groups (broad SMARTS) is 1. The van der Waals surface area contributed by atoms with Gasteiger partial charge < -0.3 is 5.11 Å². The van der Waals surface area contributed by atoms with E-state index in [-0.39, 0.29) is 10.6 Å². The number of carboxylic acids is 1. The van der Waals surface area contributed by atoms with Gasteiger partial charge in [0.25, 0.3) is 0 Å². The number of aromatic carboxylic acids is 1. The van der Waals surface area contributed by atoms with Crippen molar-refractivity contribution in [2.75, 3.05) is 0 Å². The van der Waals surface area contributed by atoms with Crippen molar-refractivity contribution in [3.63, 3.8) is 0 Å². The summed E-state index contributed by atoms with van der Waals surface area (Å²) in [4.78, 5) is 11.5. The summed E-state index contributed by atoms with van der Waals surface area (Å²) in [6, 6.07) is 4.24. The van der Waals surface area contributed by atoms with Gasteiger partial charge in [-0.3, -0.25) is 0 Å². The van der Waals surface area contributed by atoms with E-state index >= 15 is 0 Å². The van der Waals surface area contributed by atoms with Gasteiger partial charge in [-0.2, -0.15) is 5.10 Å². The number of halogens is 2. The molecule has 0 saturated carbocycles. The number of carbonyl (C=O) groups is 1. The van der Waals surface area contributed by atoms with Crippen LogP contribution in [0.2, 0.25) is 5.02 Å². The topological polar surface area (TPSA) is 55.1 Å². The third-order valence-electron chi connectivity index (χ3n) is 3.24. The minimum absolute atomic E-state index is 0.0135. The van der Waals surface area contributed by atoms with E-state index in [1.54, 1.807) is 10.7 Å². The van der Waals surface area contributed by atoms with Crippen LogP contribution in [0.15, 0.2) is 18.2 Å². The highest BCUT2D eigenvalue weighted by atomic mass is 35.5. The Balaban J connectivity index is 2.66. The van der Waals surface area contributed by atoms with Crippen molar-refractivity contribution in [1.29, 1.82) is 0 Å². The first-order valence-electron chi connectivity index (χ1n) is 6.79. The van der Waals surface area contributed by atoms with E-state index in [9.17, 15) is 14.3 Å². The van der Waals surface area contributed by atoms with Gasteiger partial charge in [0.15, 0.2) is 0 Å². The molecule has 112 valence electrons. The maximum Gasteiger partial charge on any atom is 0.339 e. The molecule has 21 heavy (non-hydrogen) atoms. The normalized spacial score (nSPS) is 10.9. The molecule has 0 spiro atoms. The number of rotatable bonds is 5. The van der Waals surface area contributed by atoms with E-state index in [4.69, 9.17) is 11.6 Å². The first-order chi connectivity index (χ1) is 9.99. The fourth-order valence-corrected chi connectivity index (χ4v) is 2.47. The van der Waals surface area contributed by atoms with Gasteiger partial charge in [0.2, 0.25) is 0 Å². The average Bonchev–Trinajstić information content (AvgIpc) is 2.81. The molecule has 0 bridgehead atoms. The molecule has 0 atom stereocenters. The average molecular weight is 311 g/mol. The van der Waals surface area contributed by atoms with Crippen molar-refractivity contribution >= 4 is 17.6 Å². The Bertz CT molecular complexity index is 683. The molecule has 0 fully saturated rings. The summed E-state index contributed by atoms with van der Waals surface area (Å²) in [6.07, 6.45) is 1.87. The zero-order valence-corrected chi connectivity index (χ0v) is 12.6. The van der Waals surface area contributed by atoms with Crippen molar-refractivity contribution in [2.45, 2.75) is 33.1 Å². The fourth-order valence-electron chi connectivity index (χ4n) is 2.30. The Morgan fingerprint density at radius 3 is 2.67 bits per heavy atom. The standard InChI is InChI=1S/C15H16ClFN2O2/c1-3-5-13-14(15(20)21)12(4-2)18-19(13)9-6-7-11(17)10(16)8-9/h6-8H,3-5H2,1-2H3,(H,20,21). The molecule has 2 rings (SSSR count). The number of hydrogen-bond acceptors (Lipinski definition) is 2. The SMILES string of the molecule is CCCc1c(C(=O)O)c(CC)nn1-c1ccc(F)c(Cl)c1. The quantitative estimate of drug-likeness (QED) is 0.912. The molecule has 1 aromatic heterocycles. The van der Waals surface area contributed by atoms with E-state index in [1.807, 2.05) is 13.8 Å².